The Hall–Kier alpha value is -2.66. The molecule has 0 saturated carbocycles. The van der Waals surface area contributed by atoms with E-state index >= 15 is 0 Å². The van der Waals surface area contributed by atoms with Crippen LogP contribution in [0.15, 0.2) is 53.5 Å². The smallest absolute Gasteiger partial charge is 0.258 e. The van der Waals surface area contributed by atoms with Crippen molar-refractivity contribution in [1.29, 1.82) is 0 Å². The minimum atomic E-state index is -0.200. The number of halogens is 1. The number of carbonyl (C=O) groups is 1. The molecule has 0 fully saturated rings. The van der Waals surface area contributed by atoms with E-state index in [1.807, 2.05) is 18.2 Å². The van der Waals surface area contributed by atoms with E-state index in [1.165, 1.54) is 23.6 Å². The van der Waals surface area contributed by atoms with Crippen LogP contribution in [0.25, 0.3) is 5.65 Å². The summed E-state index contributed by atoms with van der Waals surface area (Å²) in [4.78, 5) is 28.2. The zero-order valence-corrected chi connectivity index (χ0v) is 13.2. The Morgan fingerprint density at radius 1 is 1.26 bits per heavy atom. The number of nitrogens with one attached hydrogen (secondary N) is 1. The second-order valence-electron chi connectivity index (χ2n) is 5.12. The number of Topliss-reactive ketones (excluding diaryl/α,β-unsaturated/α-hetero) is 1. The minimum absolute atomic E-state index is 0.0192. The number of benzene rings is 1. The maximum Gasteiger partial charge on any atom is 0.258 e. The SMILES string of the molecule is CC(=O)c1ccccc1NCc1cc(=O)n2cc(Cl)ccc2n1. The second kappa shape index (κ2) is 6.22. The molecule has 6 heteroatoms. The van der Waals surface area contributed by atoms with Crippen LogP contribution in [0.3, 0.4) is 0 Å². The summed E-state index contributed by atoms with van der Waals surface area (Å²) in [6, 6.07) is 12.1. The molecule has 2 aromatic heterocycles. The molecular weight excluding hydrogens is 314 g/mol. The Bertz CT molecular complexity index is 950. The predicted octanol–water partition coefficient (Wildman–Crippen LogP) is 3.16. The van der Waals surface area contributed by atoms with Gasteiger partial charge in [-0.15, -0.1) is 0 Å². The van der Waals surface area contributed by atoms with Crippen molar-refractivity contribution in [1.82, 2.24) is 9.38 Å². The fourth-order valence-electron chi connectivity index (χ4n) is 2.35. The number of rotatable bonds is 4. The van der Waals surface area contributed by atoms with Crippen LogP contribution in [0, 0.1) is 0 Å². The maximum atomic E-state index is 12.1. The highest BCUT2D eigenvalue weighted by Gasteiger charge is 2.07. The molecule has 0 aliphatic carbocycles. The third-order valence-corrected chi connectivity index (χ3v) is 3.67. The van der Waals surface area contributed by atoms with Gasteiger partial charge in [0.05, 0.1) is 17.3 Å². The van der Waals surface area contributed by atoms with Gasteiger partial charge in [-0.05, 0) is 31.2 Å². The molecule has 0 aliphatic heterocycles. The van der Waals surface area contributed by atoms with Gasteiger partial charge in [-0.3, -0.25) is 14.0 Å². The highest BCUT2D eigenvalue weighted by Crippen LogP contribution is 2.16. The molecule has 0 aliphatic rings. The van der Waals surface area contributed by atoms with Crippen molar-refractivity contribution in [2.45, 2.75) is 13.5 Å². The highest BCUT2D eigenvalue weighted by molar-refractivity contribution is 6.30. The standard InChI is InChI=1S/C17H14ClN3O2/c1-11(22)14-4-2-3-5-15(14)19-9-13-8-17(23)21-10-12(18)6-7-16(21)20-13/h2-8,10,19H,9H2,1H3. The first-order chi connectivity index (χ1) is 11.0. The molecule has 3 aromatic rings. The number of pyridine rings is 1. The predicted molar refractivity (Wildman–Crippen MR) is 90.2 cm³/mol. The number of nitrogens with zero attached hydrogens (tertiary/aromatic N) is 2. The largest absolute Gasteiger partial charge is 0.379 e. The van der Waals surface area contributed by atoms with E-state index in [0.717, 1.165) is 5.69 Å². The summed E-state index contributed by atoms with van der Waals surface area (Å²) in [6.07, 6.45) is 1.54. The number of hydrogen-bond donors (Lipinski definition) is 1. The van der Waals surface area contributed by atoms with Crippen molar-refractivity contribution in [2.24, 2.45) is 0 Å². The molecule has 116 valence electrons. The van der Waals surface area contributed by atoms with Crippen LogP contribution in [0.1, 0.15) is 23.0 Å². The number of ketones is 1. The van der Waals surface area contributed by atoms with E-state index in [-0.39, 0.29) is 11.3 Å². The minimum Gasteiger partial charge on any atom is -0.379 e. The number of hydrogen-bond acceptors (Lipinski definition) is 4. The quantitative estimate of drug-likeness (QED) is 0.748. The summed E-state index contributed by atoms with van der Waals surface area (Å²) in [6.45, 7) is 1.86. The van der Waals surface area contributed by atoms with Crippen molar-refractivity contribution < 1.29 is 4.79 Å². The van der Waals surface area contributed by atoms with E-state index in [1.54, 1.807) is 18.2 Å². The summed E-state index contributed by atoms with van der Waals surface area (Å²) in [5.41, 5.74) is 2.25. The van der Waals surface area contributed by atoms with E-state index in [0.29, 0.717) is 28.5 Å². The van der Waals surface area contributed by atoms with Gasteiger partial charge in [0.25, 0.3) is 5.56 Å². The van der Waals surface area contributed by atoms with Gasteiger partial charge in [0.2, 0.25) is 0 Å². The van der Waals surface area contributed by atoms with Crippen LogP contribution in [0.4, 0.5) is 5.69 Å². The average Bonchev–Trinajstić information content (AvgIpc) is 2.54. The van der Waals surface area contributed by atoms with Crippen LogP contribution < -0.4 is 10.9 Å². The Morgan fingerprint density at radius 3 is 2.83 bits per heavy atom. The number of para-hydroxylation sites is 1. The fraction of sp³-hybridized carbons (Fsp3) is 0.118. The molecule has 0 atom stereocenters. The van der Waals surface area contributed by atoms with Gasteiger partial charge in [-0.1, -0.05) is 23.7 Å². The molecule has 1 aromatic carbocycles. The van der Waals surface area contributed by atoms with Gasteiger partial charge >= 0.3 is 0 Å². The maximum absolute atomic E-state index is 12.1. The molecule has 0 amide bonds. The third-order valence-electron chi connectivity index (χ3n) is 3.44. The lowest BCUT2D eigenvalue weighted by Crippen LogP contribution is -2.17. The molecule has 5 nitrogen and oxygen atoms in total. The van der Waals surface area contributed by atoms with Crippen molar-refractivity contribution in [2.75, 3.05) is 5.32 Å². The van der Waals surface area contributed by atoms with Crippen molar-refractivity contribution in [3.63, 3.8) is 0 Å². The van der Waals surface area contributed by atoms with Crippen LogP contribution in [0.2, 0.25) is 5.02 Å². The topological polar surface area (TPSA) is 63.5 Å². The Balaban J connectivity index is 1.90. The summed E-state index contributed by atoms with van der Waals surface area (Å²) in [7, 11) is 0. The first-order valence-electron chi connectivity index (χ1n) is 7.06. The zero-order chi connectivity index (χ0) is 16.4. The molecule has 0 radical (unpaired) electrons. The lowest BCUT2D eigenvalue weighted by Gasteiger charge is -2.10. The van der Waals surface area contributed by atoms with Crippen molar-refractivity contribution in [3.8, 4) is 0 Å². The summed E-state index contributed by atoms with van der Waals surface area (Å²) in [5.74, 6) is -0.0192. The van der Waals surface area contributed by atoms with Crippen LogP contribution in [0.5, 0.6) is 0 Å². The van der Waals surface area contributed by atoms with Gasteiger partial charge in [-0.2, -0.15) is 0 Å². The molecule has 0 saturated heterocycles. The average molecular weight is 328 g/mol. The van der Waals surface area contributed by atoms with E-state index < -0.39 is 0 Å². The molecule has 1 N–H and O–H groups in total. The lowest BCUT2D eigenvalue weighted by molar-refractivity contribution is 0.101. The molecule has 0 unspecified atom stereocenters. The first-order valence-corrected chi connectivity index (χ1v) is 7.44. The molecular formula is C17H14ClN3O2. The number of aromatic nitrogens is 2. The Morgan fingerprint density at radius 2 is 2.04 bits per heavy atom. The van der Waals surface area contributed by atoms with E-state index in [9.17, 15) is 9.59 Å². The van der Waals surface area contributed by atoms with Gasteiger partial charge in [0.1, 0.15) is 5.65 Å². The summed E-state index contributed by atoms with van der Waals surface area (Å²) in [5, 5.41) is 3.63. The normalized spacial score (nSPS) is 10.7. The van der Waals surface area contributed by atoms with E-state index in [2.05, 4.69) is 10.3 Å². The van der Waals surface area contributed by atoms with Gasteiger partial charge < -0.3 is 5.32 Å². The van der Waals surface area contributed by atoms with Gasteiger partial charge in [0, 0.05) is 23.5 Å². The first kappa shape index (κ1) is 15.2. The number of fused-ring (bicyclic) bond motifs is 1. The zero-order valence-electron chi connectivity index (χ0n) is 12.4. The van der Waals surface area contributed by atoms with Crippen LogP contribution in [-0.4, -0.2) is 15.2 Å². The molecule has 2 heterocycles. The van der Waals surface area contributed by atoms with E-state index in [4.69, 9.17) is 11.6 Å². The molecule has 0 spiro atoms. The Kier molecular flexibility index (Phi) is 4.12. The molecule has 3 rings (SSSR count). The number of carbonyl (C=O) groups excluding carboxylic acids is 1. The molecule has 23 heavy (non-hydrogen) atoms. The number of anilines is 1. The highest BCUT2D eigenvalue weighted by atomic mass is 35.5. The van der Waals surface area contributed by atoms with Gasteiger partial charge in [-0.25, -0.2) is 4.98 Å². The summed E-state index contributed by atoms with van der Waals surface area (Å²) >= 11 is 5.89. The second-order valence-corrected chi connectivity index (χ2v) is 5.55. The van der Waals surface area contributed by atoms with Crippen molar-refractivity contribution in [3.05, 3.63) is 75.3 Å². The van der Waals surface area contributed by atoms with Crippen molar-refractivity contribution >= 4 is 28.7 Å². The van der Waals surface area contributed by atoms with Crippen LogP contribution >= 0.6 is 11.6 Å². The fourth-order valence-corrected chi connectivity index (χ4v) is 2.51. The van der Waals surface area contributed by atoms with Crippen LogP contribution in [-0.2, 0) is 6.54 Å². The summed E-state index contributed by atoms with van der Waals surface area (Å²) < 4.78 is 1.40. The van der Waals surface area contributed by atoms with Gasteiger partial charge in [0.15, 0.2) is 5.78 Å². The monoisotopic (exact) mass is 327 g/mol. The third kappa shape index (κ3) is 3.24. The molecule has 0 bridgehead atoms. The Labute approximate surface area is 137 Å². The lowest BCUT2D eigenvalue weighted by atomic mass is 10.1.